The minimum atomic E-state index is 0.598. The molecule has 1 aromatic rings. The Morgan fingerprint density at radius 1 is 0.852 bits per heavy atom. The van der Waals surface area contributed by atoms with E-state index in [4.69, 9.17) is 0 Å². The minimum Gasteiger partial charge on any atom is -0.0951 e. The molecule has 0 heterocycles. The number of unbranched alkanes of at least 4 members (excludes halogenated alkanes) is 3. The van der Waals surface area contributed by atoms with Crippen molar-refractivity contribution in [3.63, 3.8) is 0 Å². The number of hydrogen-bond donors (Lipinski definition) is 0. The van der Waals surface area contributed by atoms with Crippen molar-refractivity contribution in [2.45, 2.75) is 84.5 Å². The lowest BCUT2D eigenvalue weighted by molar-refractivity contribution is 0.294. The molecule has 0 amide bonds. The monoisotopic (exact) mass is 360 g/mol. The number of hydrogen-bond acceptors (Lipinski definition) is 0. The summed E-state index contributed by atoms with van der Waals surface area (Å²) >= 11 is 0. The Labute approximate surface area is 167 Å². The third-order valence-electron chi connectivity index (χ3n) is 5.59. The van der Waals surface area contributed by atoms with Gasteiger partial charge in [0.05, 0.1) is 0 Å². The van der Waals surface area contributed by atoms with E-state index in [1.54, 1.807) is 0 Å². The first kappa shape index (κ1) is 21.4. The van der Waals surface area contributed by atoms with Gasteiger partial charge in [0.15, 0.2) is 0 Å². The Morgan fingerprint density at radius 2 is 1.56 bits per heavy atom. The van der Waals surface area contributed by atoms with Crippen LogP contribution in [0.15, 0.2) is 36.4 Å². The fraction of sp³-hybridized carbons (Fsp3) is 0.556. The number of rotatable bonds is 7. The normalized spacial score (nSPS) is 19.2. The van der Waals surface area contributed by atoms with Crippen molar-refractivity contribution < 1.29 is 0 Å². The van der Waals surface area contributed by atoms with E-state index >= 15 is 0 Å². The molecular weight excluding hydrogens is 324 g/mol. The van der Waals surface area contributed by atoms with E-state index in [2.05, 4.69) is 61.8 Å². The van der Waals surface area contributed by atoms with Crippen LogP contribution in [-0.4, -0.2) is 0 Å². The molecule has 1 aliphatic rings. The average Bonchev–Trinajstić information content (AvgIpc) is 2.71. The van der Waals surface area contributed by atoms with Crippen LogP contribution >= 0.6 is 0 Å². The van der Waals surface area contributed by atoms with Gasteiger partial charge in [-0.05, 0) is 74.3 Å². The van der Waals surface area contributed by atoms with E-state index in [0.29, 0.717) is 5.92 Å². The summed E-state index contributed by atoms with van der Waals surface area (Å²) in [5.74, 6) is 14.5. The molecule has 2 rings (SSSR count). The highest BCUT2D eigenvalue weighted by atomic mass is 14.2. The van der Waals surface area contributed by atoms with Crippen LogP contribution < -0.4 is 0 Å². The Balaban J connectivity index is 1.69. The van der Waals surface area contributed by atoms with Gasteiger partial charge in [-0.1, -0.05) is 81.8 Å². The molecule has 0 atom stereocenters. The maximum atomic E-state index is 3.43. The van der Waals surface area contributed by atoms with Crippen molar-refractivity contribution in [1.29, 1.82) is 0 Å². The van der Waals surface area contributed by atoms with Crippen molar-refractivity contribution in [2.24, 2.45) is 11.8 Å². The van der Waals surface area contributed by atoms with Crippen LogP contribution in [0.2, 0.25) is 0 Å². The van der Waals surface area contributed by atoms with Crippen molar-refractivity contribution in [2.75, 3.05) is 0 Å². The molecule has 1 aromatic carbocycles. The Hall–Kier alpha value is -1.92. The summed E-state index contributed by atoms with van der Waals surface area (Å²) in [7, 11) is 0. The van der Waals surface area contributed by atoms with E-state index in [0.717, 1.165) is 11.5 Å². The molecule has 1 aliphatic carbocycles. The molecule has 0 N–H and O–H groups in total. The van der Waals surface area contributed by atoms with Gasteiger partial charge >= 0.3 is 0 Å². The molecule has 0 aromatic heterocycles. The third-order valence-corrected chi connectivity index (χ3v) is 5.59. The summed E-state index contributed by atoms with van der Waals surface area (Å²) in [6.07, 6.45) is 18.4. The minimum absolute atomic E-state index is 0.598. The second-order valence-corrected chi connectivity index (χ2v) is 7.91. The number of aryl methyl sites for hydroxylation is 1. The highest BCUT2D eigenvalue weighted by Crippen LogP contribution is 2.31. The number of benzene rings is 1. The molecular formula is C27H36. The summed E-state index contributed by atoms with van der Waals surface area (Å²) in [5, 5.41) is 0. The maximum Gasteiger partial charge on any atom is 0.0249 e. The van der Waals surface area contributed by atoms with Crippen molar-refractivity contribution >= 4 is 0 Å². The zero-order chi connectivity index (χ0) is 19.2. The van der Waals surface area contributed by atoms with Crippen LogP contribution in [0.3, 0.4) is 0 Å². The highest BCUT2D eigenvalue weighted by molar-refractivity contribution is 5.39. The number of allylic oxidation sites excluding steroid dienone is 2. The molecule has 0 bridgehead atoms. The summed E-state index contributed by atoms with van der Waals surface area (Å²) in [6.45, 7) is 4.52. The third kappa shape index (κ3) is 9.02. The van der Waals surface area contributed by atoms with Gasteiger partial charge < -0.3 is 0 Å². The van der Waals surface area contributed by atoms with E-state index in [-0.39, 0.29) is 0 Å². The van der Waals surface area contributed by atoms with Gasteiger partial charge in [-0.15, -0.1) is 0 Å². The van der Waals surface area contributed by atoms with E-state index in [9.17, 15) is 0 Å². The molecule has 1 fully saturated rings. The standard InChI is InChI=1S/C27H36/c1-3-5-9-13-25-20-22-27(23-21-25)15-11-8-7-10-14-26-18-16-24(17-19-26)12-6-4-2/h7-8,16-19,25,27H,3-6,9,12-13,20-23H2,1-2H3. The summed E-state index contributed by atoms with van der Waals surface area (Å²) in [6, 6.07) is 8.64. The van der Waals surface area contributed by atoms with Crippen LogP contribution in [0.1, 0.15) is 89.2 Å². The summed E-state index contributed by atoms with van der Waals surface area (Å²) in [4.78, 5) is 0. The average molecular weight is 361 g/mol. The topological polar surface area (TPSA) is 0 Å². The lowest BCUT2D eigenvalue weighted by atomic mass is 9.80. The summed E-state index contributed by atoms with van der Waals surface area (Å²) < 4.78 is 0. The van der Waals surface area contributed by atoms with E-state index in [1.165, 1.54) is 76.2 Å². The maximum absolute atomic E-state index is 3.43. The first-order valence-corrected chi connectivity index (χ1v) is 11.1. The first-order chi connectivity index (χ1) is 13.3. The van der Waals surface area contributed by atoms with Gasteiger partial charge in [-0.3, -0.25) is 0 Å². The highest BCUT2D eigenvalue weighted by Gasteiger charge is 2.19. The Bertz CT molecular complexity index is 661. The van der Waals surface area contributed by atoms with Crippen LogP contribution in [0.4, 0.5) is 0 Å². The van der Waals surface area contributed by atoms with Crippen LogP contribution in [0.5, 0.6) is 0 Å². The quantitative estimate of drug-likeness (QED) is 0.353. The van der Waals surface area contributed by atoms with Crippen molar-refractivity contribution in [1.82, 2.24) is 0 Å². The molecule has 0 aliphatic heterocycles. The molecule has 0 spiro atoms. The molecule has 0 saturated heterocycles. The SMILES string of the molecule is CCCCCC1CCC(C#CC=CC#Cc2ccc(CCCC)cc2)CC1. The predicted molar refractivity (Wildman–Crippen MR) is 118 cm³/mol. The Morgan fingerprint density at radius 3 is 2.26 bits per heavy atom. The summed E-state index contributed by atoms with van der Waals surface area (Å²) in [5.41, 5.74) is 2.48. The smallest absolute Gasteiger partial charge is 0.0249 e. The molecule has 1 saturated carbocycles. The molecule has 0 heteroatoms. The molecule has 0 unspecified atom stereocenters. The molecule has 144 valence electrons. The Kier molecular flexibility index (Phi) is 10.5. The second kappa shape index (κ2) is 13.3. The zero-order valence-corrected chi connectivity index (χ0v) is 17.4. The van der Waals surface area contributed by atoms with Gasteiger partial charge in [-0.2, -0.15) is 0 Å². The second-order valence-electron chi connectivity index (χ2n) is 7.91. The van der Waals surface area contributed by atoms with Gasteiger partial charge in [0, 0.05) is 11.5 Å². The first-order valence-electron chi connectivity index (χ1n) is 11.1. The van der Waals surface area contributed by atoms with Crippen LogP contribution in [-0.2, 0) is 6.42 Å². The predicted octanol–water partition coefficient (Wildman–Crippen LogP) is 7.33. The van der Waals surface area contributed by atoms with E-state index in [1.807, 2.05) is 12.2 Å². The van der Waals surface area contributed by atoms with E-state index < -0.39 is 0 Å². The fourth-order valence-corrected chi connectivity index (χ4v) is 3.79. The van der Waals surface area contributed by atoms with Crippen molar-refractivity contribution in [3.8, 4) is 23.7 Å². The zero-order valence-electron chi connectivity index (χ0n) is 17.4. The van der Waals surface area contributed by atoms with Crippen LogP contribution in [0, 0.1) is 35.5 Å². The molecule has 0 nitrogen and oxygen atoms in total. The van der Waals surface area contributed by atoms with Crippen molar-refractivity contribution in [3.05, 3.63) is 47.5 Å². The van der Waals surface area contributed by atoms with Crippen LogP contribution in [0.25, 0.3) is 0 Å². The molecule has 0 radical (unpaired) electrons. The van der Waals surface area contributed by atoms with Gasteiger partial charge in [-0.25, -0.2) is 0 Å². The lowest BCUT2D eigenvalue weighted by Gasteiger charge is -2.25. The molecule has 27 heavy (non-hydrogen) atoms. The largest absolute Gasteiger partial charge is 0.0951 e. The van der Waals surface area contributed by atoms with Gasteiger partial charge in [0.2, 0.25) is 0 Å². The lowest BCUT2D eigenvalue weighted by Crippen LogP contribution is -2.13. The van der Waals surface area contributed by atoms with Gasteiger partial charge in [0.1, 0.15) is 0 Å². The fourth-order valence-electron chi connectivity index (χ4n) is 3.79. The van der Waals surface area contributed by atoms with Gasteiger partial charge in [0.25, 0.3) is 0 Å².